The van der Waals surface area contributed by atoms with Gasteiger partial charge in [0.05, 0.1) is 12.2 Å². The van der Waals surface area contributed by atoms with Gasteiger partial charge in [-0.05, 0) is 30.7 Å². The monoisotopic (exact) mass is 300 g/mol. The number of rotatable bonds is 5. The number of carbonyl (C=O) groups is 2. The molecule has 5 heteroatoms. The van der Waals surface area contributed by atoms with Crippen molar-refractivity contribution >= 4 is 11.9 Å². The molecule has 2 rings (SSSR count). The summed E-state index contributed by atoms with van der Waals surface area (Å²) in [6, 6.07) is 12.6. The van der Waals surface area contributed by atoms with E-state index in [2.05, 4.69) is 0 Å². The average Bonchev–Trinajstić information content (AvgIpc) is 2.55. The molecule has 0 saturated heterocycles. The third-order valence-electron chi connectivity index (χ3n) is 2.86. The average molecular weight is 300 g/mol. The second kappa shape index (κ2) is 7.26. The highest BCUT2D eigenvalue weighted by Crippen LogP contribution is 2.31. The number of phenols is 1. The van der Waals surface area contributed by atoms with E-state index < -0.39 is 11.9 Å². The number of benzene rings is 2. The van der Waals surface area contributed by atoms with Crippen molar-refractivity contribution in [2.45, 2.75) is 13.3 Å². The van der Waals surface area contributed by atoms with E-state index in [-0.39, 0.29) is 23.7 Å². The highest BCUT2D eigenvalue weighted by Gasteiger charge is 2.20. The Labute approximate surface area is 128 Å². The molecule has 0 aliphatic rings. The highest BCUT2D eigenvalue weighted by atomic mass is 16.6. The van der Waals surface area contributed by atoms with Gasteiger partial charge in [0.2, 0.25) is 0 Å². The minimum Gasteiger partial charge on any atom is -0.504 e. The standard InChI is InChI=1S/C17H16O5/c1-2-11-21-17(20)13-9-6-10-14(18)15(13)22-16(19)12-7-4-3-5-8-12/h3-10,18H,2,11H2,1H3. The van der Waals surface area contributed by atoms with E-state index in [0.29, 0.717) is 12.0 Å². The van der Waals surface area contributed by atoms with Crippen molar-refractivity contribution in [1.82, 2.24) is 0 Å². The number of hydrogen-bond acceptors (Lipinski definition) is 5. The van der Waals surface area contributed by atoms with Crippen LogP contribution in [0.1, 0.15) is 34.1 Å². The lowest BCUT2D eigenvalue weighted by Crippen LogP contribution is -2.13. The Morgan fingerprint density at radius 3 is 2.41 bits per heavy atom. The molecule has 0 aliphatic carbocycles. The summed E-state index contributed by atoms with van der Waals surface area (Å²) in [5.41, 5.74) is 0.330. The molecule has 0 atom stereocenters. The second-order valence-electron chi connectivity index (χ2n) is 4.55. The molecule has 22 heavy (non-hydrogen) atoms. The maximum Gasteiger partial charge on any atom is 0.343 e. The minimum atomic E-state index is -0.661. The largest absolute Gasteiger partial charge is 0.504 e. The molecule has 0 unspecified atom stereocenters. The highest BCUT2D eigenvalue weighted by molar-refractivity contribution is 5.97. The molecular formula is C17H16O5. The SMILES string of the molecule is CCCOC(=O)c1cccc(O)c1OC(=O)c1ccccc1. The van der Waals surface area contributed by atoms with E-state index in [0.717, 1.165) is 0 Å². The van der Waals surface area contributed by atoms with Crippen LogP contribution in [-0.4, -0.2) is 23.7 Å². The minimum absolute atomic E-state index is 0.0118. The summed E-state index contributed by atoms with van der Waals surface area (Å²) in [5, 5.41) is 9.88. The van der Waals surface area contributed by atoms with Gasteiger partial charge in [-0.2, -0.15) is 0 Å². The fourth-order valence-electron chi connectivity index (χ4n) is 1.79. The summed E-state index contributed by atoms with van der Waals surface area (Å²) in [4.78, 5) is 24.0. The fourth-order valence-corrected chi connectivity index (χ4v) is 1.79. The molecule has 2 aromatic rings. The van der Waals surface area contributed by atoms with Crippen molar-refractivity contribution in [1.29, 1.82) is 0 Å². The van der Waals surface area contributed by atoms with Crippen LogP contribution in [0.4, 0.5) is 0 Å². The number of para-hydroxylation sites is 1. The van der Waals surface area contributed by atoms with Crippen molar-refractivity contribution in [2.24, 2.45) is 0 Å². The Kier molecular flexibility index (Phi) is 5.14. The van der Waals surface area contributed by atoms with Crippen LogP contribution in [0.15, 0.2) is 48.5 Å². The van der Waals surface area contributed by atoms with Crippen molar-refractivity contribution in [3.05, 3.63) is 59.7 Å². The molecule has 0 bridgehead atoms. The molecule has 2 aromatic carbocycles. The lowest BCUT2D eigenvalue weighted by molar-refractivity contribution is 0.0498. The number of aromatic hydroxyl groups is 1. The van der Waals surface area contributed by atoms with Crippen molar-refractivity contribution in [2.75, 3.05) is 6.61 Å². The molecule has 0 fully saturated rings. The number of carbonyl (C=O) groups excluding carboxylic acids is 2. The molecule has 114 valence electrons. The predicted molar refractivity (Wildman–Crippen MR) is 80.1 cm³/mol. The molecule has 0 spiro atoms. The summed E-state index contributed by atoms with van der Waals surface area (Å²) >= 11 is 0. The normalized spacial score (nSPS) is 10.0. The molecular weight excluding hydrogens is 284 g/mol. The molecule has 0 heterocycles. The Morgan fingerprint density at radius 2 is 1.73 bits per heavy atom. The van der Waals surface area contributed by atoms with Crippen LogP contribution in [0.3, 0.4) is 0 Å². The van der Waals surface area contributed by atoms with E-state index in [9.17, 15) is 14.7 Å². The van der Waals surface area contributed by atoms with Crippen LogP contribution < -0.4 is 4.74 Å². The lowest BCUT2D eigenvalue weighted by atomic mass is 10.2. The third-order valence-corrected chi connectivity index (χ3v) is 2.86. The first-order chi connectivity index (χ1) is 10.6. The van der Waals surface area contributed by atoms with Gasteiger partial charge in [-0.3, -0.25) is 0 Å². The smallest absolute Gasteiger partial charge is 0.343 e. The van der Waals surface area contributed by atoms with E-state index >= 15 is 0 Å². The zero-order valence-corrected chi connectivity index (χ0v) is 12.1. The summed E-state index contributed by atoms with van der Waals surface area (Å²) < 4.78 is 10.2. The van der Waals surface area contributed by atoms with E-state index in [1.54, 1.807) is 30.3 Å². The van der Waals surface area contributed by atoms with Crippen LogP contribution in [-0.2, 0) is 4.74 Å². The zero-order chi connectivity index (χ0) is 15.9. The molecule has 0 aromatic heterocycles. The first-order valence-corrected chi connectivity index (χ1v) is 6.89. The van der Waals surface area contributed by atoms with Crippen LogP contribution in [0.25, 0.3) is 0 Å². The van der Waals surface area contributed by atoms with Crippen LogP contribution in [0.2, 0.25) is 0 Å². The first-order valence-electron chi connectivity index (χ1n) is 6.89. The van der Waals surface area contributed by atoms with Gasteiger partial charge in [-0.25, -0.2) is 9.59 Å². The maximum absolute atomic E-state index is 12.1. The first kappa shape index (κ1) is 15.6. The third kappa shape index (κ3) is 3.63. The number of esters is 2. The van der Waals surface area contributed by atoms with Crippen LogP contribution in [0.5, 0.6) is 11.5 Å². The Morgan fingerprint density at radius 1 is 1.00 bits per heavy atom. The van der Waals surface area contributed by atoms with E-state index in [4.69, 9.17) is 9.47 Å². The van der Waals surface area contributed by atoms with Crippen molar-refractivity contribution in [3.63, 3.8) is 0 Å². The quantitative estimate of drug-likeness (QED) is 0.678. The summed E-state index contributed by atoms with van der Waals surface area (Å²) in [5.74, 6) is -1.80. The topological polar surface area (TPSA) is 72.8 Å². The van der Waals surface area contributed by atoms with Gasteiger partial charge >= 0.3 is 11.9 Å². The van der Waals surface area contributed by atoms with Gasteiger partial charge in [0.1, 0.15) is 5.56 Å². The Hall–Kier alpha value is -2.82. The predicted octanol–water partition coefficient (Wildman–Crippen LogP) is 3.18. The molecule has 0 saturated carbocycles. The van der Waals surface area contributed by atoms with Gasteiger partial charge in [-0.1, -0.05) is 31.2 Å². The van der Waals surface area contributed by atoms with Crippen LogP contribution in [0, 0.1) is 0 Å². The van der Waals surface area contributed by atoms with Crippen molar-refractivity contribution in [3.8, 4) is 11.5 Å². The fraction of sp³-hybridized carbons (Fsp3) is 0.176. The Balaban J connectivity index is 2.26. The van der Waals surface area contributed by atoms with Gasteiger partial charge in [0.15, 0.2) is 11.5 Å². The van der Waals surface area contributed by atoms with E-state index in [1.165, 1.54) is 18.2 Å². The van der Waals surface area contributed by atoms with Crippen LogP contribution >= 0.6 is 0 Å². The summed E-state index contributed by atoms with van der Waals surface area (Å²) in [6.07, 6.45) is 0.670. The lowest BCUT2D eigenvalue weighted by Gasteiger charge is -2.11. The number of hydrogen-bond donors (Lipinski definition) is 1. The van der Waals surface area contributed by atoms with E-state index in [1.807, 2.05) is 6.92 Å². The molecule has 0 aliphatic heterocycles. The van der Waals surface area contributed by atoms with Gasteiger partial charge in [0.25, 0.3) is 0 Å². The summed E-state index contributed by atoms with van der Waals surface area (Å²) in [6.45, 7) is 2.12. The zero-order valence-electron chi connectivity index (χ0n) is 12.1. The molecule has 5 nitrogen and oxygen atoms in total. The molecule has 1 N–H and O–H groups in total. The molecule has 0 amide bonds. The van der Waals surface area contributed by atoms with Gasteiger partial charge < -0.3 is 14.6 Å². The van der Waals surface area contributed by atoms with Gasteiger partial charge in [-0.15, -0.1) is 0 Å². The Bertz CT molecular complexity index is 664. The second-order valence-corrected chi connectivity index (χ2v) is 4.55. The maximum atomic E-state index is 12.1. The number of ether oxygens (including phenoxy) is 2. The molecule has 0 radical (unpaired) electrons. The van der Waals surface area contributed by atoms with Crippen molar-refractivity contribution < 1.29 is 24.2 Å². The van der Waals surface area contributed by atoms with Gasteiger partial charge in [0, 0.05) is 0 Å². The summed E-state index contributed by atoms with van der Waals surface area (Å²) in [7, 11) is 0. The number of phenolic OH excluding ortho intramolecular Hbond substituents is 1.